The van der Waals surface area contributed by atoms with Crippen LogP contribution in [0.15, 0.2) is 18.2 Å². The lowest BCUT2D eigenvalue weighted by Gasteiger charge is -2.16. The van der Waals surface area contributed by atoms with Crippen molar-refractivity contribution in [2.45, 2.75) is 6.42 Å². The van der Waals surface area contributed by atoms with Gasteiger partial charge in [0, 0.05) is 11.8 Å². The first-order chi connectivity index (χ1) is 9.69. The van der Waals surface area contributed by atoms with Crippen molar-refractivity contribution in [3.8, 4) is 11.5 Å². The molecular weight excluding hydrogens is 258 g/mol. The molecule has 0 aliphatic carbocycles. The van der Waals surface area contributed by atoms with Crippen molar-refractivity contribution in [2.75, 3.05) is 45.8 Å². The Hall–Kier alpha value is -1.79. The van der Waals surface area contributed by atoms with E-state index in [0.29, 0.717) is 18.0 Å². The molecule has 0 atom stereocenters. The molecule has 0 bridgehead atoms. The Morgan fingerprint density at radius 1 is 1.35 bits per heavy atom. The normalized spacial score (nSPS) is 12.8. The Labute approximate surface area is 119 Å². The zero-order chi connectivity index (χ0) is 14.4. The van der Waals surface area contributed by atoms with Gasteiger partial charge in [0.2, 0.25) is 12.7 Å². The fraction of sp³-hybridized carbons (Fsp3) is 0.500. The Balaban J connectivity index is 1.79. The summed E-state index contributed by atoms with van der Waals surface area (Å²) in [6.45, 7) is 2.45. The van der Waals surface area contributed by atoms with E-state index in [0.717, 1.165) is 25.2 Å². The SMILES string of the molecule is CNCCCN(C)CC(=O)Nc1ccc2c(c1)OCO2. The van der Waals surface area contributed by atoms with Crippen molar-refractivity contribution < 1.29 is 14.3 Å². The standard InChI is InChI=1S/C14H21N3O3/c1-15-6-3-7-17(2)9-14(18)16-11-4-5-12-13(8-11)20-10-19-12/h4-5,8,15H,3,6-7,9-10H2,1-2H3,(H,16,18). The maximum Gasteiger partial charge on any atom is 0.238 e. The molecule has 1 aliphatic rings. The number of carbonyl (C=O) groups is 1. The number of benzene rings is 1. The largest absolute Gasteiger partial charge is 0.454 e. The number of amides is 1. The van der Waals surface area contributed by atoms with Crippen molar-refractivity contribution >= 4 is 11.6 Å². The summed E-state index contributed by atoms with van der Waals surface area (Å²) in [4.78, 5) is 13.9. The second kappa shape index (κ2) is 7.12. The molecule has 2 N–H and O–H groups in total. The number of hydrogen-bond acceptors (Lipinski definition) is 5. The third-order valence-corrected chi connectivity index (χ3v) is 3.04. The molecule has 1 aliphatic heterocycles. The number of carbonyl (C=O) groups excluding carboxylic acids is 1. The fourth-order valence-electron chi connectivity index (χ4n) is 2.02. The van der Waals surface area contributed by atoms with E-state index in [9.17, 15) is 4.79 Å². The minimum Gasteiger partial charge on any atom is -0.454 e. The molecule has 1 aromatic rings. The number of nitrogens with one attached hydrogen (secondary N) is 2. The van der Waals surface area contributed by atoms with Crippen LogP contribution in [0.25, 0.3) is 0 Å². The molecule has 6 nitrogen and oxygen atoms in total. The molecule has 0 spiro atoms. The van der Waals surface area contributed by atoms with Crippen molar-refractivity contribution in [1.82, 2.24) is 10.2 Å². The molecule has 1 heterocycles. The highest BCUT2D eigenvalue weighted by atomic mass is 16.7. The number of rotatable bonds is 7. The summed E-state index contributed by atoms with van der Waals surface area (Å²) < 4.78 is 10.5. The Bertz CT molecular complexity index is 465. The Kier molecular flexibility index (Phi) is 5.20. The highest BCUT2D eigenvalue weighted by Gasteiger charge is 2.14. The topological polar surface area (TPSA) is 62.8 Å². The van der Waals surface area contributed by atoms with Crippen molar-refractivity contribution in [3.63, 3.8) is 0 Å². The second-order valence-corrected chi connectivity index (χ2v) is 4.81. The zero-order valence-electron chi connectivity index (χ0n) is 11.9. The van der Waals surface area contributed by atoms with Gasteiger partial charge in [-0.25, -0.2) is 0 Å². The van der Waals surface area contributed by atoms with Gasteiger partial charge < -0.3 is 20.1 Å². The van der Waals surface area contributed by atoms with Crippen LogP contribution in [0, 0.1) is 0 Å². The smallest absolute Gasteiger partial charge is 0.238 e. The first-order valence-electron chi connectivity index (χ1n) is 6.71. The van der Waals surface area contributed by atoms with Crippen LogP contribution in [-0.4, -0.2) is 51.3 Å². The first kappa shape index (κ1) is 14.6. The summed E-state index contributed by atoms with van der Waals surface area (Å²) in [6, 6.07) is 5.39. The average Bonchev–Trinajstić information content (AvgIpc) is 2.86. The van der Waals surface area contributed by atoms with Gasteiger partial charge in [-0.05, 0) is 45.7 Å². The van der Waals surface area contributed by atoms with E-state index in [1.807, 2.05) is 25.1 Å². The van der Waals surface area contributed by atoms with Gasteiger partial charge in [0.25, 0.3) is 0 Å². The van der Waals surface area contributed by atoms with Crippen LogP contribution in [0.5, 0.6) is 11.5 Å². The van der Waals surface area contributed by atoms with E-state index in [4.69, 9.17) is 9.47 Å². The average molecular weight is 279 g/mol. The van der Waals surface area contributed by atoms with Crippen LogP contribution in [0.3, 0.4) is 0 Å². The van der Waals surface area contributed by atoms with E-state index < -0.39 is 0 Å². The van der Waals surface area contributed by atoms with E-state index in [-0.39, 0.29) is 12.7 Å². The molecule has 6 heteroatoms. The second-order valence-electron chi connectivity index (χ2n) is 4.81. The molecule has 0 fully saturated rings. The van der Waals surface area contributed by atoms with Crippen molar-refractivity contribution in [3.05, 3.63) is 18.2 Å². The number of likely N-dealkylation sites (N-methyl/N-ethyl adjacent to an activating group) is 1. The Morgan fingerprint density at radius 2 is 2.15 bits per heavy atom. The molecule has 0 aromatic heterocycles. The van der Waals surface area contributed by atoms with Crippen LogP contribution < -0.4 is 20.1 Å². The number of hydrogen-bond donors (Lipinski definition) is 2. The maximum atomic E-state index is 11.9. The van der Waals surface area contributed by atoms with Crippen LogP contribution in [0.1, 0.15) is 6.42 Å². The van der Waals surface area contributed by atoms with E-state index in [1.54, 1.807) is 12.1 Å². The van der Waals surface area contributed by atoms with Crippen LogP contribution in [0.4, 0.5) is 5.69 Å². The zero-order valence-corrected chi connectivity index (χ0v) is 11.9. The molecular formula is C14H21N3O3. The summed E-state index contributed by atoms with van der Waals surface area (Å²) in [6.07, 6.45) is 1.02. The lowest BCUT2D eigenvalue weighted by Crippen LogP contribution is -2.31. The predicted octanol–water partition coefficient (Wildman–Crippen LogP) is 0.895. The molecule has 1 aromatic carbocycles. The summed E-state index contributed by atoms with van der Waals surface area (Å²) >= 11 is 0. The lowest BCUT2D eigenvalue weighted by molar-refractivity contribution is -0.117. The maximum absolute atomic E-state index is 11.9. The highest BCUT2D eigenvalue weighted by molar-refractivity contribution is 5.92. The highest BCUT2D eigenvalue weighted by Crippen LogP contribution is 2.34. The predicted molar refractivity (Wildman–Crippen MR) is 77.2 cm³/mol. The molecule has 1 amide bonds. The fourth-order valence-corrected chi connectivity index (χ4v) is 2.02. The quantitative estimate of drug-likeness (QED) is 0.726. The summed E-state index contributed by atoms with van der Waals surface area (Å²) in [5.41, 5.74) is 0.725. The third-order valence-electron chi connectivity index (χ3n) is 3.04. The number of anilines is 1. The van der Waals surface area contributed by atoms with Crippen LogP contribution in [0.2, 0.25) is 0 Å². The molecule has 0 saturated heterocycles. The van der Waals surface area contributed by atoms with Crippen molar-refractivity contribution in [2.24, 2.45) is 0 Å². The monoisotopic (exact) mass is 279 g/mol. The Morgan fingerprint density at radius 3 is 2.95 bits per heavy atom. The van der Waals surface area contributed by atoms with Gasteiger partial charge in [-0.15, -0.1) is 0 Å². The lowest BCUT2D eigenvalue weighted by atomic mass is 10.2. The molecule has 0 saturated carbocycles. The molecule has 2 rings (SSSR count). The van der Waals surface area contributed by atoms with Crippen LogP contribution in [-0.2, 0) is 4.79 Å². The summed E-state index contributed by atoms with van der Waals surface area (Å²) in [7, 11) is 3.86. The van der Waals surface area contributed by atoms with Gasteiger partial charge in [0.05, 0.1) is 6.54 Å². The molecule has 110 valence electrons. The first-order valence-corrected chi connectivity index (χ1v) is 6.71. The van der Waals surface area contributed by atoms with Gasteiger partial charge in [0.1, 0.15) is 0 Å². The molecule has 0 radical (unpaired) electrons. The van der Waals surface area contributed by atoms with Gasteiger partial charge >= 0.3 is 0 Å². The number of ether oxygens (including phenoxy) is 2. The van der Waals surface area contributed by atoms with E-state index in [2.05, 4.69) is 10.6 Å². The minimum atomic E-state index is -0.0316. The van der Waals surface area contributed by atoms with Crippen molar-refractivity contribution in [1.29, 1.82) is 0 Å². The number of nitrogens with zero attached hydrogens (tertiary/aromatic N) is 1. The summed E-state index contributed by atoms with van der Waals surface area (Å²) in [5.74, 6) is 1.35. The van der Waals surface area contributed by atoms with Gasteiger partial charge in [0.15, 0.2) is 11.5 Å². The minimum absolute atomic E-state index is 0.0316. The number of fused-ring (bicyclic) bond motifs is 1. The van der Waals surface area contributed by atoms with Gasteiger partial charge in [-0.2, -0.15) is 0 Å². The van der Waals surface area contributed by atoms with E-state index >= 15 is 0 Å². The van der Waals surface area contributed by atoms with Gasteiger partial charge in [-0.1, -0.05) is 0 Å². The molecule has 0 unspecified atom stereocenters. The third kappa shape index (κ3) is 4.11. The van der Waals surface area contributed by atoms with Gasteiger partial charge in [-0.3, -0.25) is 9.69 Å². The van der Waals surface area contributed by atoms with E-state index in [1.165, 1.54) is 0 Å². The molecule has 20 heavy (non-hydrogen) atoms. The summed E-state index contributed by atoms with van der Waals surface area (Å²) in [5, 5.41) is 5.95. The van der Waals surface area contributed by atoms with Crippen LogP contribution >= 0.6 is 0 Å².